The van der Waals surface area contributed by atoms with Gasteiger partial charge in [0.1, 0.15) is 0 Å². The molecule has 3 heterocycles. The fraction of sp³-hybridized carbons (Fsp3) is 0.500. The molecule has 0 atom stereocenters. The van der Waals surface area contributed by atoms with Crippen molar-refractivity contribution in [1.82, 2.24) is 9.88 Å². The average Bonchev–Trinajstić information content (AvgIpc) is 2.71. The summed E-state index contributed by atoms with van der Waals surface area (Å²) >= 11 is 6.30. The largest absolute Gasteiger partial charge is 0.385 e. The summed E-state index contributed by atoms with van der Waals surface area (Å²) in [5.41, 5.74) is 2.60. The molecule has 1 aromatic carbocycles. The van der Waals surface area contributed by atoms with Gasteiger partial charge in [-0.1, -0.05) is 23.7 Å². The molecule has 2 aliphatic rings. The maximum atomic E-state index is 11.0. The summed E-state index contributed by atoms with van der Waals surface area (Å²) in [6.45, 7) is 6.07. The summed E-state index contributed by atoms with van der Waals surface area (Å²) in [6, 6.07) is 10.9. The number of likely N-dealkylation sites (tertiary alicyclic amines) is 1. The zero-order chi connectivity index (χ0) is 18.9. The molecule has 2 aliphatic heterocycles. The molecule has 0 unspecified atom stereocenters. The van der Waals surface area contributed by atoms with Crippen LogP contribution in [-0.2, 0) is 5.60 Å². The molecule has 144 valence electrons. The van der Waals surface area contributed by atoms with Crippen molar-refractivity contribution in [3.8, 4) is 0 Å². The quantitative estimate of drug-likeness (QED) is 0.866. The number of hydrogen-bond acceptors (Lipinski definition) is 4. The Labute approximate surface area is 166 Å². The van der Waals surface area contributed by atoms with Gasteiger partial charge in [-0.05, 0) is 56.4 Å². The number of aryl methyl sites for hydroxylation is 1. The lowest BCUT2D eigenvalue weighted by Crippen LogP contribution is -2.50. The Morgan fingerprint density at radius 2 is 1.85 bits per heavy atom. The van der Waals surface area contributed by atoms with E-state index in [1.165, 1.54) is 5.69 Å². The molecular formula is C22H28ClN3O. The van der Waals surface area contributed by atoms with Crippen molar-refractivity contribution in [3.63, 3.8) is 0 Å². The number of nitrogens with zero attached hydrogens (tertiary/aromatic N) is 3. The van der Waals surface area contributed by atoms with E-state index in [1.54, 1.807) is 12.4 Å². The molecule has 0 saturated carbocycles. The molecule has 2 fully saturated rings. The number of pyridine rings is 1. The predicted octanol–water partition coefficient (Wildman–Crippen LogP) is 4.00. The van der Waals surface area contributed by atoms with Gasteiger partial charge in [0.05, 0.1) is 5.60 Å². The molecule has 27 heavy (non-hydrogen) atoms. The number of benzene rings is 1. The molecule has 5 heteroatoms. The molecule has 0 bridgehead atoms. The monoisotopic (exact) mass is 385 g/mol. The highest BCUT2D eigenvalue weighted by atomic mass is 35.5. The highest BCUT2D eigenvalue weighted by Gasteiger charge is 2.36. The smallest absolute Gasteiger partial charge is 0.0935 e. The molecule has 1 N–H and O–H groups in total. The van der Waals surface area contributed by atoms with Crippen LogP contribution in [0, 0.1) is 6.92 Å². The Morgan fingerprint density at radius 3 is 2.48 bits per heavy atom. The van der Waals surface area contributed by atoms with Crippen LogP contribution in [0.1, 0.15) is 36.8 Å². The number of piperidine rings is 2. The number of hydrogen-bond donors (Lipinski definition) is 1. The number of halogens is 1. The summed E-state index contributed by atoms with van der Waals surface area (Å²) in [7, 11) is 0. The summed E-state index contributed by atoms with van der Waals surface area (Å²) in [5, 5.41) is 11.9. The predicted molar refractivity (Wildman–Crippen MR) is 110 cm³/mol. The van der Waals surface area contributed by atoms with E-state index in [-0.39, 0.29) is 0 Å². The van der Waals surface area contributed by atoms with Crippen molar-refractivity contribution in [2.75, 3.05) is 31.1 Å². The van der Waals surface area contributed by atoms with E-state index in [1.807, 2.05) is 19.1 Å². The van der Waals surface area contributed by atoms with Crippen molar-refractivity contribution in [3.05, 3.63) is 58.9 Å². The van der Waals surface area contributed by atoms with Gasteiger partial charge in [-0.3, -0.25) is 4.98 Å². The van der Waals surface area contributed by atoms with Gasteiger partial charge < -0.3 is 14.9 Å². The standard InChI is InChI=1S/C22H28ClN3O/c1-17-4-5-20(15-21(17)23)25-11-6-19(7-12-25)26-13-8-22(27,9-14-26)18-3-2-10-24-16-18/h2-5,10,15-16,19,27H,6-9,11-14H2,1H3. The SMILES string of the molecule is Cc1ccc(N2CCC(N3CCC(O)(c4cccnc4)CC3)CC2)cc1Cl. The summed E-state index contributed by atoms with van der Waals surface area (Å²) < 4.78 is 0. The third-order valence-corrected chi connectivity index (χ3v) is 6.73. The van der Waals surface area contributed by atoms with Crippen molar-refractivity contribution >= 4 is 17.3 Å². The second-order valence-electron chi connectivity index (χ2n) is 7.96. The van der Waals surface area contributed by atoms with E-state index in [4.69, 9.17) is 11.6 Å². The van der Waals surface area contributed by atoms with Gasteiger partial charge >= 0.3 is 0 Å². The lowest BCUT2D eigenvalue weighted by atomic mass is 9.84. The summed E-state index contributed by atoms with van der Waals surface area (Å²) in [4.78, 5) is 9.19. The Bertz CT molecular complexity index is 766. The molecule has 0 radical (unpaired) electrons. The molecule has 2 saturated heterocycles. The van der Waals surface area contributed by atoms with E-state index in [9.17, 15) is 5.11 Å². The van der Waals surface area contributed by atoms with Crippen LogP contribution in [-0.4, -0.2) is 47.2 Å². The van der Waals surface area contributed by atoms with Crippen LogP contribution in [0.4, 0.5) is 5.69 Å². The van der Waals surface area contributed by atoms with E-state index >= 15 is 0 Å². The molecule has 0 aliphatic carbocycles. The van der Waals surface area contributed by atoms with E-state index in [0.29, 0.717) is 6.04 Å². The fourth-order valence-corrected chi connectivity index (χ4v) is 4.63. The molecule has 2 aromatic rings. The fourth-order valence-electron chi connectivity index (χ4n) is 4.45. The summed E-state index contributed by atoms with van der Waals surface area (Å²) in [5.74, 6) is 0. The van der Waals surface area contributed by atoms with Crippen LogP contribution in [0.3, 0.4) is 0 Å². The topological polar surface area (TPSA) is 39.6 Å². The number of rotatable bonds is 3. The van der Waals surface area contributed by atoms with Gasteiger partial charge in [-0.15, -0.1) is 0 Å². The maximum Gasteiger partial charge on any atom is 0.0935 e. The Morgan fingerprint density at radius 1 is 1.11 bits per heavy atom. The zero-order valence-corrected chi connectivity index (χ0v) is 16.7. The van der Waals surface area contributed by atoms with Crippen molar-refractivity contribution in [2.45, 2.75) is 44.2 Å². The third kappa shape index (κ3) is 3.98. The van der Waals surface area contributed by atoms with Crippen LogP contribution >= 0.6 is 11.6 Å². The van der Waals surface area contributed by atoms with Gasteiger partial charge in [0, 0.05) is 60.9 Å². The lowest BCUT2D eigenvalue weighted by molar-refractivity contribution is -0.0381. The maximum absolute atomic E-state index is 11.0. The molecule has 0 spiro atoms. The number of aromatic nitrogens is 1. The first-order chi connectivity index (χ1) is 13.0. The Balaban J connectivity index is 1.32. The molecule has 4 rings (SSSR count). The second kappa shape index (κ2) is 7.78. The molecular weight excluding hydrogens is 358 g/mol. The number of aliphatic hydroxyl groups is 1. The van der Waals surface area contributed by atoms with E-state index in [0.717, 1.165) is 68.0 Å². The zero-order valence-electron chi connectivity index (χ0n) is 15.9. The Kier molecular flexibility index (Phi) is 5.40. The third-order valence-electron chi connectivity index (χ3n) is 6.33. The van der Waals surface area contributed by atoms with Crippen molar-refractivity contribution in [1.29, 1.82) is 0 Å². The van der Waals surface area contributed by atoms with E-state index in [2.05, 4.69) is 33.0 Å². The Hall–Kier alpha value is -1.62. The van der Waals surface area contributed by atoms with Crippen molar-refractivity contribution < 1.29 is 5.11 Å². The van der Waals surface area contributed by atoms with E-state index < -0.39 is 5.60 Å². The first kappa shape index (κ1) is 18.7. The highest BCUT2D eigenvalue weighted by Crippen LogP contribution is 2.34. The number of anilines is 1. The minimum Gasteiger partial charge on any atom is -0.385 e. The molecule has 0 amide bonds. The van der Waals surface area contributed by atoms with Crippen LogP contribution in [0.2, 0.25) is 5.02 Å². The lowest BCUT2D eigenvalue weighted by Gasteiger charge is -2.44. The first-order valence-corrected chi connectivity index (χ1v) is 10.3. The van der Waals surface area contributed by atoms with Gasteiger partial charge in [0.15, 0.2) is 0 Å². The highest BCUT2D eigenvalue weighted by molar-refractivity contribution is 6.31. The van der Waals surface area contributed by atoms with Crippen LogP contribution in [0.25, 0.3) is 0 Å². The van der Waals surface area contributed by atoms with Gasteiger partial charge in [-0.2, -0.15) is 0 Å². The van der Waals surface area contributed by atoms with Crippen LogP contribution in [0.5, 0.6) is 0 Å². The first-order valence-electron chi connectivity index (χ1n) is 9.93. The van der Waals surface area contributed by atoms with Crippen molar-refractivity contribution in [2.24, 2.45) is 0 Å². The minimum absolute atomic E-state index is 0.612. The average molecular weight is 386 g/mol. The van der Waals surface area contributed by atoms with Crippen LogP contribution < -0.4 is 4.90 Å². The normalized spacial score (nSPS) is 21.4. The van der Waals surface area contributed by atoms with Crippen LogP contribution in [0.15, 0.2) is 42.7 Å². The minimum atomic E-state index is -0.718. The summed E-state index contributed by atoms with van der Waals surface area (Å²) in [6.07, 6.45) is 7.46. The van der Waals surface area contributed by atoms with Gasteiger partial charge in [0.2, 0.25) is 0 Å². The van der Waals surface area contributed by atoms with Gasteiger partial charge in [-0.25, -0.2) is 0 Å². The molecule has 1 aromatic heterocycles. The second-order valence-corrected chi connectivity index (χ2v) is 8.37. The van der Waals surface area contributed by atoms with Gasteiger partial charge in [0.25, 0.3) is 0 Å². The molecule has 4 nitrogen and oxygen atoms in total.